The standard InChI is InChI=1S/C17H13NO/c1-12-16(11-19)10-15-9-14(7-8-17(15)18-12)13-5-3-2-4-6-13/h2-11H,1H3. The van der Waals surface area contributed by atoms with E-state index < -0.39 is 0 Å². The van der Waals surface area contributed by atoms with Gasteiger partial charge in [0.15, 0.2) is 6.29 Å². The molecule has 2 nitrogen and oxygen atoms in total. The Labute approximate surface area is 111 Å². The van der Waals surface area contributed by atoms with Gasteiger partial charge in [-0.3, -0.25) is 9.78 Å². The molecule has 0 aliphatic rings. The minimum Gasteiger partial charge on any atom is -0.298 e. The van der Waals surface area contributed by atoms with Gasteiger partial charge in [-0.05, 0) is 36.2 Å². The summed E-state index contributed by atoms with van der Waals surface area (Å²) in [7, 11) is 0. The van der Waals surface area contributed by atoms with Crippen LogP contribution < -0.4 is 0 Å². The lowest BCUT2D eigenvalue weighted by Gasteiger charge is -2.06. The number of hydrogen-bond donors (Lipinski definition) is 0. The number of carbonyl (C=O) groups excluding carboxylic acids is 1. The molecule has 2 heteroatoms. The maximum Gasteiger partial charge on any atom is 0.151 e. The molecule has 0 aliphatic heterocycles. The minimum atomic E-state index is 0.651. The Morgan fingerprint density at radius 2 is 1.74 bits per heavy atom. The quantitative estimate of drug-likeness (QED) is 0.640. The first-order chi connectivity index (χ1) is 9.28. The number of aryl methyl sites for hydroxylation is 1. The molecule has 0 amide bonds. The molecule has 2 aromatic carbocycles. The zero-order chi connectivity index (χ0) is 13.2. The van der Waals surface area contributed by atoms with Gasteiger partial charge in [0.05, 0.1) is 5.52 Å². The van der Waals surface area contributed by atoms with E-state index in [1.54, 1.807) is 0 Å². The molecule has 3 aromatic rings. The minimum absolute atomic E-state index is 0.651. The Morgan fingerprint density at radius 1 is 0.947 bits per heavy atom. The largest absolute Gasteiger partial charge is 0.298 e. The number of carbonyl (C=O) groups is 1. The molecule has 0 saturated heterocycles. The fourth-order valence-electron chi connectivity index (χ4n) is 2.22. The van der Waals surface area contributed by atoms with E-state index in [9.17, 15) is 4.79 Å². The maximum atomic E-state index is 11.0. The lowest BCUT2D eigenvalue weighted by Crippen LogP contribution is -1.92. The van der Waals surface area contributed by atoms with Crippen molar-refractivity contribution in [3.05, 3.63) is 65.9 Å². The van der Waals surface area contributed by atoms with Crippen LogP contribution in [0.2, 0.25) is 0 Å². The average molecular weight is 247 g/mol. The van der Waals surface area contributed by atoms with Crippen molar-refractivity contribution in [3.63, 3.8) is 0 Å². The predicted molar refractivity (Wildman–Crippen MR) is 77.3 cm³/mol. The van der Waals surface area contributed by atoms with Crippen molar-refractivity contribution in [2.45, 2.75) is 6.92 Å². The fourth-order valence-corrected chi connectivity index (χ4v) is 2.22. The number of hydrogen-bond acceptors (Lipinski definition) is 2. The molecule has 0 N–H and O–H groups in total. The number of pyridine rings is 1. The second-order valence-corrected chi connectivity index (χ2v) is 4.55. The highest BCUT2D eigenvalue weighted by atomic mass is 16.1. The van der Waals surface area contributed by atoms with Crippen LogP contribution in [-0.2, 0) is 0 Å². The molecule has 0 atom stereocenters. The normalized spacial score (nSPS) is 10.6. The highest BCUT2D eigenvalue weighted by Gasteiger charge is 2.04. The van der Waals surface area contributed by atoms with Crippen LogP contribution in [-0.4, -0.2) is 11.3 Å². The van der Waals surface area contributed by atoms with Crippen molar-refractivity contribution >= 4 is 17.2 Å². The van der Waals surface area contributed by atoms with Gasteiger partial charge in [-0.25, -0.2) is 0 Å². The Morgan fingerprint density at radius 3 is 2.47 bits per heavy atom. The summed E-state index contributed by atoms with van der Waals surface area (Å²) >= 11 is 0. The molecular formula is C17H13NO. The van der Waals surface area contributed by atoms with Gasteiger partial charge < -0.3 is 0 Å². The topological polar surface area (TPSA) is 30.0 Å². The predicted octanol–water partition coefficient (Wildman–Crippen LogP) is 4.02. The number of benzene rings is 2. The van der Waals surface area contributed by atoms with Gasteiger partial charge in [0, 0.05) is 16.6 Å². The summed E-state index contributed by atoms with van der Waals surface area (Å²) in [4.78, 5) is 15.4. The van der Waals surface area contributed by atoms with Crippen LogP contribution in [0.25, 0.3) is 22.0 Å². The summed E-state index contributed by atoms with van der Waals surface area (Å²) in [5.74, 6) is 0. The van der Waals surface area contributed by atoms with Crippen LogP contribution in [0.5, 0.6) is 0 Å². The summed E-state index contributed by atoms with van der Waals surface area (Å²) in [6.07, 6.45) is 0.858. The van der Waals surface area contributed by atoms with Crippen molar-refractivity contribution in [2.24, 2.45) is 0 Å². The number of rotatable bonds is 2. The van der Waals surface area contributed by atoms with Gasteiger partial charge >= 0.3 is 0 Å². The third kappa shape index (κ3) is 2.13. The highest BCUT2D eigenvalue weighted by molar-refractivity contribution is 5.90. The van der Waals surface area contributed by atoms with Gasteiger partial charge in [0.2, 0.25) is 0 Å². The van der Waals surface area contributed by atoms with Gasteiger partial charge in [-0.1, -0.05) is 36.4 Å². The summed E-state index contributed by atoms with van der Waals surface area (Å²) in [6.45, 7) is 1.86. The van der Waals surface area contributed by atoms with Crippen LogP contribution in [0, 0.1) is 6.92 Å². The van der Waals surface area contributed by atoms with Crippen LogP contribution in [0.15, 0.2) is 54.6 Å². The second-order valence-electron chi connectivity index (χ2n) is 4.55. The Bertz CT molecular complexity index is 748. The molecule has 1 aromatic heterocycles. The maximum absolute atomic E-state index is 11.0. The summed E-state index contributed by atoms with van der Waals surface area (Å²) in [6, 6.07) is 18.2. The summed E-state index contributed by atoms with van der Waals surface area (Å²) in [5.41, 5.74) is 4.64. The van der Waals surface area contributed by atoms with Gasteiger partial charge in [0.1, 0.15) is 0 Å². The molecule has 0 bridgehead atoms. The summed E-state index contributed by atoms with van der Waals surface area (Å²) < 4.78 is 0. The van der Waals surface area contributed by atoms with Gasteiger partial charge in [0.25, 0.3) is 0 Å². The van der Waals surface area contributed by atoms with Gasteiger partial charge in [-0.2, -0.15) is 0 Å². The van der Waals surface area contributed by atoms with E-state index in [4.69, 9.17) is 0 Å². The van der Waals surface area contributed by atoms with Crippen LogP contribution in [0.3, 0.4) is 0 Å². The Hall–Kier alpha value is -2.48. The molecule has 1 heterocycles. The SMILES string of the molecule is Cc1nc2ccc(-c3ccccc3)cc2cc1C=O. The number of fused-ring (bicyclic) bond motifs is 1. The van der Waals surface area contributed by atoms with Crippen molar-refractivity contribution in [3.8, 4) is 11.1 Å². The van der Waals surface area contributed by atoms with E-state index in [2.05, 4.69) is 29.2 Å². The smallest absolute Gasteiger partial charge is 0.151 e. The zero-order valence-electron chi connectivity index (χ0n) is 10.6. The van der Waals surface area contributed by atoms with Crippen molar-refractivity contribution < 1.29 is 4.79 Å². The van der Waals surface area contributed by atoms with E-state index in [0.29, 0.717) is 5.56 Å². The fraction of sp³-hybridized carbons (Fsp3) is 0.0588. The molecule has 0 unspecified atom stereocenters. The third-order valence-electron chi connectivity index (χ3n) is 3.28. The van der Waals surface area contributed by atoms with Crippen molar-refractivity contribution in [1.82, 2.24) is 4.98 Å². The Kier molecular flexibility index (Phi) is 2.84. The number of nitrogens with zero attached hydrogens (tertiary/aromatic N) is 1. The summed E-state index contributed by atoms with van der Waals surface area (Å²) in [5, 5.41) is 0.994. The number of aromatic nitrogens is 1. The van der Waals surface area contributed by atoms with E-state index in [1.165, 1.54) is 0 Å². The average Bonchev–Trinajstić information content (AvgIpc) is 2.47. The van der Waals surface area contributed by atoms with Crippen molar-refractivity contribution in [1.29, 1.82) is 0 Å². The molecule has 92 valence electrons. The van der Waals surface area contributed by atoms with E-state index in [1.807, 2.05) is 37.3 Å². The van der Waals surface area contributed by atoms with Crippen molar-refractivity contribution in [2.75, 3.05) is 0 Å². The first-order valence-electron chi connectivity index (χ1n) is 6.20. The molecular weight excluding hydrogens is 234 g/mol. The second kappa shape index (κ2) is 4.65. The monoisotopic (exact) mass is 247 g/mol. The molecule has 0 radical (unpaired) electrons. The van der Waals surface area contributed by atoms with Gasteiger partial charge in [-0.15, -0.1) is 0 Å². The molecule has 3 rings (SSSR count). The van der Waals surface area contributed by atoms with E-state index in [-0.39, 0.29) is 0 Å². The zero-order valence-corrected chi connectivity index (χ0v) is 10.6. The lowest BCUT2D eigenvalue weighted by molar-refractivity contribution is 0.112. The third-order valence-corrected chi connectivity index (χ3v) is 3.28. The first-order valence-corrected chi connectivity index (χ1v) is 6.20. The van der Waals surface area contributed by atoms with Crippen LogP contribution in [0.1, 0.15) is 16.1 Å². The molecule has 0 fully saturated rings. The van der Waals surface area contributed by atoms with E-state index in [0.717, 1.165) is 34.0 Å². The first kappa shape index (κ1) is 11.6. The molecule has 0 saturated carbocycles. The number of aldehydes is 1. The Balaban J connectivity index is 2.20. The lowest BCUT2D eigenvalue weighted by atomic mass is 10.0. The van der Waals surface area contributed by atoms with Crippen LogP contribution in [0.4, 0.5) is 0 Å². The van der Waals surface area contributed by atoms with Crippen LogP contribution >= 0.6 is 0 Å². The molecule has 0 spiro atoms. The highest BCUT2D eigenvalue weighted by Crippen LogP contribution is 2.24. The van der Waals surface area contributed by atoms with E-state index >= 15 is 0 Å². The molecule has 0 aliphatic carbocycles. The molecule has 19 heavy (non-hydrogen) atoms.